The lowest BCUT2D eigenvalue weighted by atomic mass is 9.84. The molecule has 2 nitrogen and oxygen atoms in total. The van der Waals surface area contributed by atoms with Crippen molar-refractivity contribution in [2.45, 2.75) is 32.6 Å². The van der Waals surface area contributed by atoms with E-state index in [0.29, 0.717) is 24.3 Å². The van der Waals surface area contributed by atoms with E-state index in [9.17, 15) is 9.18 Å². The van der Waals surface area contributed by atoms with E-state index in [2.05, 4.69) is 17.9 Å². The predicted octanol–water partition coefficient (Wildman–Crippen LogP) is 2.85. The zero-order chi connectivity index (χ0) is 13.8. The third kappa shape index (κ3) is 4.02. The first-order chi connectivity index (χ1) is 8.36. The van der Waals surface area contributed by atoms with Gasteiger partial charge in [0, 0.05) is 18.4 Å². The van der Waals surface area contributed by atoms with Gasteiger partial charge in [0.05, 0.1) is 0 Å². The Hall–Kier alpha value is -1.03. The summed E-state index contributed by atoms with van der Waals surface area (Å²) in [4.78, 5) is 11.4. The molecule has 1 N–H and O–H groups in total. The predicted molar refractivity (Wildman–Crippen MR) is 75.6 cm³/mol. The monoisotopic (exact) mass is 269 g/mol. The molecule has 0 saturated carbocycles. The Bertz CT molecular complexity index is 432. The largest absolute Gasteiger partial charge is 0.355 e. The highest BCUT2D eigenvalue weighted by molar-refractivity contribution is 7.80. The molecule has 0 spiro atoms. The molecule has 100 valence electrons. The van der Waals surface area contributed by atoms with Gasteiger partial charge in [0.15, 0.2) is 0 Å². The van der Waals surface area contributed by atoms with Crippen LogP contribution in [0.2, 0.25) is 0 Å². The summed E-state index contributed by atoms with van der Waals surface area (Å²) in [5.74, 6) is 0.340. The number of hydrogen-bond acceptors (Lipinski definition) is 2. The van der Waals surface area contributed by atoms with Crippen molar-refractivity contribution in [1.82, 2.24) is 5.32 Å². The number of carbonyl (C=O) groups excluding carboxylic acids is 1. The highest BCUT2D eigenvalue weighted by atomic mass is 32.1. The number of halogens is 1. The third-order valence-electron chi connectivity index (χ3n) is 3.01. The van der Waals surface area contributed by atoms with Gasteiger partial charge < -0.3 is 5.32 Å². The van der Waals surface area contributed by atoms with Gasteiger partial charge >= 0.3 is 0 Å². The molecule has 0 heterocycles. The van der Waals surface area contributed by atoms with Crippen molar-refractivity contribution in [2.24, 2.45) is 0 Å². The number of rotatable bonds is 5. The van der Waals surface area contributed by atoms with E-state index in [1.54, 1.807) is 13.0 Å². The van der Waals surface area contributed by atoms with Gasteiger partial charge in [-0.1, -0.05) is 26.0 Å². The Morgan fingerprint density at radius 2 is 2.11 bits per heavy atom. The molecule has 0 aliphatic rings. The fourth-order valence-corrected chi connectivity index (χ4v) is 1.88. The second kappa shape index (κ2) is 6.23. The molecule has 1 aromatic carbocycles. The molecule has 0 aliphatic heterocycles. The SMILES string of the molecule is Cc1cc(C(C)(C)CNC(=O)CCS)ccc1F. The number of hydrogen-bond donors (Lipinski definition) is 2. The van der Waals surface area contributed by atoms with Crippen LogP contribution >= 0.6 is 12.6 Å². The summed E-state index contributed by atoms with van der Waals surface area (Å²) < 4.78 is 13.2. The van der Waals surface area contributed by atoms with Crippen LogP contribution in [0.1, 0.15) is 31.4 Å². The van der Waals surface area contributed by atoms with Crippen LogP contribution in [0.5, 0.6) is 0 Å². The van der Waals surface area contributed by atoms with Crippen LogP contribution in [-0.4, -0.2) is 18.2 Å². The number of benzene rings is 1. The Balaban J connectivity index is 2.73. The first-order valence-electron chi connectivity index (χ1n) is 6.01. The summed E-state index contributed by atoms with van der Waals surface area (Å²) >= 11 is 4.02. The highest BCUT2D eigenvalue weighted by Crippen LogP contribution is 2.24. The first-order valence-corrected chi connectivity index (χ1v) is 6.64. The van der Waals surface area contributed by atoms with Gasteiger partial charge in [0.1, 0.15) is 5.82 Å². The minimum Gasteiger partial charge on any atom is -0.355 e. The van der Waals surface area contributed by atoms with Gasteiger partial charge in [-0.15, -0.1) is 0 Å². The maximum Gasteiger partial charge on any atom is 0.220 e. The van der Waals surface area contributed by atoms with Crippen LogP contribution in [0.15, 0.2) is 18.2 Å². The van der Waals surface area contributed by atoms with Gasteiger partial charge in [-0.3, -0.25) is 4.79 Å². The van der Waals surface area contributed by atoms with E-state index in [0.717, 1.165) is 5.56 Å². The van der Waals surface area contributed by atoms with Crippen LogP contribution in [0.4, 0.5) is 4.39 Å². The summed E-state index contributed by atoms with van der Waals surface area (Å²) in [6.45, 7) is 6.33. The summed E-state index contributed by atoms with van der Waals surface area (Å²) in [5.41, 5.74) is 1.43. The van der Waals surface area contributed by atoms with E-state index in [1.807, 2.05) is 19.9 Å². The third-order valence-corrected chi connectivity index (χ3v) is 3.23. The zero-order valence-corrected chi connectivity index (χ0v) is 12.0. The van der Waals surface area contributed by atoms with Crippen molar-refractivity contribution in [1.29, 1.82) is 0 Å². The molecule has 0 fully saturated rings. The topological polar surface area (TPSA) is 29.1 Å². The molecule has 0 radical (unpaired) electrons. The zero-order valence-electron chi connectivity index (χ0n) is 11.1. The number of thiol groups is 1. The summed E-state index contributed by atoms with van der Waals surface area (Å²) in [7, 11) is 0. The van der Waals surface area contributed by atoms with Gasteiger partial charge in [0.25, 0.3) is 0 Å². The van der Waals surface area contributed by atoms with Crippen molar-refractivity contribution in [3.63, 3.8) is 0 Å². The summed E-state index contributed by atoms with van der Waals surface area (Å²) in [6, 6.07) is 5.08. The molecule has 1 rings (SSSR count). The summed E-state index contributed by atoms with van der Waals surface area (Å²) in [5, 5.41) is 2.87. The van der Waals surface area contributed by atoms with Crippen molar-refractivity contribution >= 4 is 18.5 Å². The second-order valence-electron chi connectivity index (χ2n) is 5.10. The standard InChI is InChI=1S/C14H20FNOS/c1-10-8-11(4-5-12(10)15)14(2,3)9-16-13(17)6-7-18/h4-5,8,18H,6-7,9H2,1-3H3,(H,16,17). The minimum absolute atomic E-state index is 0.00286. The molecular weight excluding hydrogens is 249 g/mol. The van der Waals surface area contributed by atoms with Crippen molar-refractivity contribution < 1.29 is 9.18 Å². The molecule has 1 aromatic rings. The molecule has 0 unspecified atom stereocenters. The average Bonchev–Trinajstić information content (AvgIpc) is 2.30. The Morgan fingerprint density at radius 1 is 1.44 bits per heavy atom. The van der Waals surface area contributed by atoms with E-state index < -0.39 is 0 Å². The fraction of sp³-hybridized carbons (Fsp3) is 0.500. The highest BCUT2D eigenvalue weighted by Gasteiger charge is 2.21. The van der Waals surface area contributed by atoms with Gasteiger partial charge in [-0.05, 0) is 29.9 Å². The van der Waals surface area contributed by atoms with Crippen LogP contribution in [0.3, 0.4) is 0 Å². The first kappa shape index (κ1) is 15.0. The lowest BCUT2D eigenvalue weighted by Gasteiger charge is -2.26. The van der Waals surface area contributed by atoms with Gasteiger partial charge in [0.2, 0.25) is 5.91 Å². The maximum absolute atomic E-state index is 13.2. The van der Waals surface area contributed by atoms with Crippen molar-refractivity contribution in [2.75, 3.05) is 12.3 Å². The van der Waals surface area contributed by atoms with Crippen LogP contribution in [-0.2, 0) is 10.2 Å². The van der Waals surface area contributed by atoms with Crippen LogP contribution in [0, 0.1) is 12.7 Å². The number of amides is 1. The van der Waals surface area contributed by atoms with E-state index in [4.69, 9.17) is 0 Å². The van der Waals surface area contributed by atoms with Gasteiger partial charge in [-0.2, -0.15) is 12.6 Å². The second-order valence-corrected chi connectivity index (χ2v) is 5.55. The normalized spacial score (nSPS) is 11.4. The Labute approximate surface area is 113 Å². The number of aryl methyl sites for hydroxylation is 1. The van der Waals surface area contributed by atoms with E-state index in [1.165, 1.54) is 6.07 Å². The van der Waals surface area contributed by atoms with Crippen LogP contribution in [0.25, 0.3) is 0 Å². The molecular formula is C14H20FNOS. The lowest BCUT2D eigenvalue weighted by molar-refractivity contribution is -0.120. The molecule has 1 amide bonds. The molecule has 18 heavy (non-hydrogen) atoms. The fourth-order valence-electron chi connectivity index (χ4n) is 1.68. The molecule has 0 bridgehead atoms. The van der Waals surface area contributed by atoms with Crippen molar-refractivity contribution in [3.8, 4) is 0 Å². The Morgan fingerprint density at radius 3 is 2.67 bits per heavy atom. The molecule has 0 saturated heterocycles. The van der Waals surface area contributed by atoms with E-state index in [-0.39, 0.29) is 17.1 Å². The minimum atomic E-state index is -0.218. The Kier molecular flexibility index (Phi) is 5.20. The quantitative estimate of drug-likeness (QED) is 0.791. The molecule has 0 aliphatic carbocycles. The smallest absolute Gasteiger partial charge is 0.220 e. The van der Waals surface area contributed by atoms with Gasteiger partial charge in [-0.25, -0.2) is 4.39 Å². The molecule has 0 aromatic heterocycles. The average molecular weight is 269 g/mol. The number of carbonyl (C=O) groups is 1. The van der Waals surface area contributed by atoms with E-state index >= 15 is 0 Å². The molecule has 0 atom stereocenters. The number of nitrogens with one attached hydrogen (secondary N) is 1. The molecule has 4 heteroatoms. The van der Waals surface area contributed by atoms with Crippen LogP contribution < -0.4 is 5.32 Å². The van der Waals surface area contributed by atoms with Crippen molar-refractivity contribution in [3.05, 3.63) is 35.1 Å². The lowest BCUT2D eigenvalue weighted by Crippen LogP contribution is -2.36. The summed E-state index contributed by atoms with van der Waals surface area (Å²) in [6.07, 6.45) is 0.418. The maximum atomic E-state index is 13.2.